The molecule has 34 heavy (non-hydrogen) atoms. The zero-order valence-corrected chi connectivity index (χ0v) is 20.1. The van der Waals surface area contributed by atoms with Crippen molar-refractivity contribution < 1.29 is 38.0 Å². The van der Waals surface area contributed by atoms with Gasteiger partial charge >= 0.3 is 11.9 Å². The number of carbonyl (C=O) groups is 2. The summed E-state index contributed by atoms with van der Waals surface area (Å²) in [6.45, 7) is 3.55. The molecule has 1 fully saturated rings. The van der Waals surface area contributed by atoms with Crippen molar-refractivity contribution in [3.05, 3.63) is 59.2 Å². The molecule has 3 rings (SSSR count). The molecule has 1 saturated heterocycles. The summed E-state index contributed by atoms with van der Waals surface area (Å²) in [6.07, 6.45) is 0.723. The van der Waals surface area contributed by atoms with Crippen LogP contribution in [0.2, 0.25) is 0 Å². The fraction of sp³-hybridized carbons (Fsp3) is 0.385. The number of carbonyl (C=O) groups excluding carboxylic acids is 2. The molecule has 0 N–H and O–H groups in total. The molecule has 1 atom stereocenters. The van der Waals surface area contributed by atoms with Crippen molar-refractivity contribution in [1.82, 2.24) is 0 Å². The number of hydrogen-bond donors (Lipinski definition) is 0. The predicted octanol–water partition coefficient (Wildman–Crippen LogP) is 3.98. The molecule has 2 aromatic carbocycles. The molecule has 8 nitrogen and oxygen atoms in total. The van der Waals surface area contributed by atoms with Gasteiger partial charge in [-0.25, -0.2) is 0 Å². The Morgan fingerprint density at radius 2 is 1.50 bits per heavy atom. The topological polar surface area (TPSA) is 89.5 Å². The fourth-order valence-corrected chi connectivity index (χ4v) is 4.13. The molecule has 0 aromatic heterocycles. The van der Waals surface area contributed by atoms with Gasteiger partial charge in [-0.05, 0) is 42.7 Å². The molecule has 0 spiro atoms. The fourth-order valence-electron chi connectivity index (χ4n) is 4.13. The Morgan fingerprint density at radius 3 is 1.97 bits per heavy atom. The first kappa shape index (κ1) is 25.1. The van der Waals surface area contributed by atoms with Crippen LogP contribution in [0.5, 0.6) is 17.2 Å². The molecular weight excluding hydrogens is 440 g/mol. The molecule has 0 bridgehead atoms. The molecule has 1 aliphatic rings. The SMILES string of the molecule is CCOC(=O)C1(C(=O)OCC)/C(=C/c2ccccc2)COC1c1cc(OC)c(OC)c(OC)c1. The first-order valence-corrected chi connectivity index (χ1v) is 11.0. The van der Waals surface area contributed by atoms with Crippen LogP contribution in [0.3, 0.4) is 0 Å². The van der Waals surface area contributed by atoms with Crippen LogP contribution in [0.25, 0.3) is 6.08 Å². The smallest absolute Gasteiger partial charge is 0.330 e. The summed E-state index contributed by atoms with van der Waals surface area (Å²) in [4.78, 5) is 27.1. The molecule has 1 unspecified atom stereocenters. The van der Waals surface area contributed by atoms with E-state index in [9.17, 15) is 9.59 Å². The van der Waals surface area contributed by atoms with Crippen LogP contribution >= 0.6 is 0 Å². The Morgan fingerprint density at radius 1 is 0.941 bits per heavy atom. The van der Waals surface area contributed by atoms with Gasteiger partial charge in [0.25, 0.3) is 0 Å². The zero-order chi connectivity index (χ0) is 24.7. The maximum atomic E-state index is 13.6. The lowest BCUT2D eigenvalue weighted by Crippen LogP contribution is -2.45. The van der Waals surface area contributed by atoms with Crippen molar-refractivity contribution in [3.63, 3.8) is 0 Å². The molecule has 1 aliphatic heterocycles. The lowest BCUT2D eigenvalue weighted by Gasteiger charge is -2.31. The van der Waals surface area contributed by atoms with E-state index >= 15 is 0 Å². The van der Waals surface area contributed by atoms with E-state index in [1.54, 1.807) is 32.1 Å². The summed E-state index contributed by atoms with van der Waals surface area (Å²) in [5, 5.41) is 0. The summed E-state index contributed by atoms with van der Waals surface area (Å²) in [6, 6.07) is 12.7. The maximum absolute atomic E-state index is 13.6. The second-order valence-corrected chi connectivity index (χ2v) is 7.48. The third-order valence-corrected chi connectivity index (χ3v) is 5.63. The average Bonchev–Trinajstić information content (AvgIpc) is 3.23. The molecule has 0 radical (unpaired) electrons. The van der Waals surface area contributed by atoms with E-state index in [4.69, 9.17) is 28.4 Å². The van der Waals surface area contributed by atoms with Crippen LogP contribution in [0.15, 0.2) is 48.0 Å². The van der Waals surface area contributed by atoms with E-state index in [1.807, 2.05) is 30.3 Å². The van der Waals surface area contributed by atoms with E-state index in [0.717, 1.165) is 5.56 Å². The first-order chi connectivity index (χ1) is 16.5. The summed E-state index contributed by atoms with van der Waals surface area (Å²) in [5.41, 5.74) is -0.127. The Bertz CT molecular complexity index is 1000. The highest BCUT2D eigenvalue weighted by atomic mass is 16.6. The molecule has 8 heteroatoms. The highest BCUT2D eigenvalue weighted by molar-refractivity contribution is 6.06. The van der Waals surface area contributed by atoms with Crippen molar-refractivity contribution in [2.75, 3.05) is 41.2 Å². The minimum atomic E-state index is -1.85. The number of ether oxygens (including phenoxy) is 6. The van der Waals surface area contributed by atoms with Crippen LogP contribution in [0.1, 0.15) is 31.1 Å². The molecule has 0 amide bonds. The van der Waals surface area contributed by atoms with Crippen molar-refractivity contribution in [2.24, 2.45) is 5.41 Å². The van der Waals surface area contributed by atoms with Gasteiger partial charge in [-0.3, -0.25) is 9.59 Å². The van der Waals surface area contributed by atoms with E-state index < -0.39 is 23.5 Å². The molecular formula is C26H30O8. The third kappa shape index (κ3) is 4.46. The molecule has 2 aromatic rings. The van der Waals surface area contributed by atoms with Crippen molar-refractivity contribution in [1.29, 1.82) is 0 Å². The largest absolute Gasteiger partial charge is 0.493 e. The lowest BCUT2D eigenvalue weighted by atomic mass is 9.74. The number of methoxy groups -OCH3 is 3. The van der Waals surface area contributed by atoms with Gasteiger partial charge in [-0.1, -0.05) is 36.4 Å². The van der Waals surface area contributed by atoms with Crippen molar-refractivity contribution in [2.45, 2.75) is 20.0 Å². The zero-order valence-electron chi connectivity index (χ0n) is 20.1. The minimum absolute atomic E-state index is 0.0217. The second-order valence-electron chi connectivity index (χ2n) is 7.48. The number of benzene rings is 2. The van der Waals surface area contributed by atoms with Gasteiger partial charge < -0.3 is 28.4 Å². The van der Waals surface area contributed by atoms with Crippen LogP contribution in [0, 0.1) is 5.41 Å². The average molecular weight is 471 g/mol. The Balaban J connectivity index is 2.28. The Kier molecular flexibility index (Phi) is 8.17. The summed E-state index contributed by atoms with van der Waals surface area (Å²) in [5.74, 6) is -0.381. The molecule has 1 heterocycles. The number of esters is 2. The minimum Gasteiger partial charge on any atom is -0.493 e. The summed E-state index contributed by atoms with van der Waals surface area (Å²) in [7, 11) is 4.47. The van der Waals surface area contributed by atoms with Crippen molar-refractivity contribution in [3.8, 4) is 17.2 Å². The van der Waals surface area contributed by atoms with Gasteiger partial charge in [0.1, 0.15) is 6.10 Å². The van der Waals surface area contributed by atoms with Crippen LogP contribution in [-0.2, 0) is 23.8 Å². The van der Waals surface area contributed by atoms with Gasteiger partial charge in [0, 0.05) is 0 Å². The van der Waals surface area contributed by atoms with Gasteiger partial charge in [-0.15, -0.1) is 0 Å². The summed E-state index contributed by atoms with van der Waals surface area (Å²) < 4.78 is 33.3. The summed E-state index contributed by atoms with van der Waals surface area (Å²) >= 11 is 0. The first-order valence-electron chi connectivity index (χ1n) is 11.0. The van der Waals surface area contributed by atoms with E-state index in [1.165, 1.54) is 21.3 Å². The second kappa shape index (κ2) is 11.1. The standard InChI is InChI=1S/C26H30O8/c1-6-32-24(27)26(25(28)33-7-2)19(13-17-11-9-8-10-12-17)16-34-23(26)18-14-20(29-3)22(31-5)21(15-18)30-4/h8-15,23H,6-7,16H2,1-5H3/b19-13+. The van der Waals surface area contributed by atoms with Gasteiger partial charge in [-0.2, -0.15) is 0 Å². The quantitative estimate of drug-likeness (QED) is 0.402. The molecule has 0 aliphatic carbocycles. The van der Waals surface area contributed by atoms with E-state index in [0.29, 0.717) is 28.4 Å². The number of rotatable bonds is 9. The van der Waals surface area contributed by atoms with Crippen LogP contribution < -0.4 is 14.2 Å². The predicted molar refractivity (Wildman–Crippen MR) is 125 cm³/mol. The van der Waals surface area contributed by atoms with Gasteiger partial charge in [0.15, 0.2) is 11.5 Å². The van der Waals surface area contributed by atoms with Gasteiger partial charge in [0.05, 0.1) is 41.2 Å². The lowest BCUT2D eigenvalue weighted by molar-refractivity contribution is -0.174. The van der Waals surface area contributed by atoms with Crippen molar-refractivity contribution >= 4 is 18.0 Å². The maximum Gasteiger partial charge on any atom is 0.330 e. The van der Waals surface area contributed by atoms with E-state index in [2.05, 4.69) is 0 Å². The highest BCUT2D eigenvalue weighted by Gasteiger charge is 2.62. The third-order valence-electron chi connectivity index (χ3n) is 5.63. The van der Waals surface area contributed by atoms with Crippen LogP contribution in [0.4, 0.5) is 0 Å². The molecule has 0 saturated carbocycles. The molecule has 182 valence electrons. The Hall–Kier alpha value is -3.52. The Labute approximate surface area is 199 Å². The van der Waals surface area contributed by atoms with E-state index in [-0.39, 0.29) is 19.8 Å². The monoisotopic (exact) mass is 470 g/mol. The number of hydrogen-bond acceptors (Lipinski definition) is 8. The highest BCUT2D eigenvalue weighted by Crippen LogP contribution is 2.53. The normalized spacial score (nSPS) is 17.8. The van der Waals surface area contributed by atoms with Gasteiger partial charge in [0.2, 0.25) is 11.2 Å². The van der Waals surface area contributed by atoms with Crippen LogP contribution in [-0.4, -0.2) is 53.1 Å².